The molecule has 3 heteroatoms. The Balaban J connectivity index is 1.01. The van der Waals surface area contributed by atoms with Crippen LogP contribution in [0, 0.1) is 0 Å². The third kappa shape index (κ3) is 5.46. The SMILES string of the molecule is c1ccc(-c2cccc(-n3c4ccccc4c4cc(-c5ccc(-c6cc7c(c8ccccc8n7-c7ccccc7)c7c6c6ccccc6n7-c6ccccc6)cc5)ccc43)c2)cc1. The van der Waals surface area contributed by atoms with Crippen LogP contribution in [-0.4, -0.2) is 13.7 Å². The fourth-order valence-electron chi connectivity index (χ4n) is 10.3. The third-order valence-electron chi connectivity index (χ3n) is 13.0. The van der Waals surface area contributed by atoms with E-state index in [4.69, 9.17) is 0 Å². The maximum absolute atomic E-state index is 2.48. The van der Waals surface area contributed by atoms with E-state index in [2.05, 4.69) is 250 Å². The van der Waals surface area contributed by atoms with Crippen molar-refractivity contribution >= 4 is 65.4 Å². The van der Waals surface area contributed by atoms with Gasteiger partial charge in [0.05, 0.1) is 33.1 Å². The minimum absolute atomic E-state index is 1.15. The van der Waals surface area contributed by atoms with Crippen LogP contribution in [0.3, 0.4) is 0 Å². The van der Waals surface area contributed by atoms with Gasteiger partial charge in [0.1, 0.15) is 0 Å². The summed E-state index contributed by atoms with van der Waals surface area (Å²) in [7, 11) is 0. The first kappa shape index (κ1) is 35.4. The second-order valence-corrected chi connectivity index (χ2v) is 16.5. The second-order valence-electron chi connectivity index (χ2n) is 16.5. The highest BCUT2D eigenvalue weighted by Gasteiger charge is 2.24. The van der Waals surface area contributed by atoms with E-state index >= 15 is 0 Å². The number of nitrogens with zero attached hydrogens (tertiary/aromatic N) is 3. The number of rotatable bonds is 6. The summed E-state index contributed by atoms with van der Waals surface area (Å²) >= 11 is 0. The normalized spacial score (nSPS) is 11.8. The first-order valence-electron chi connectivity index (χ1n) is 21.7. The molecule has 0 radical (unpaired) electrons. The summed E-state index contributed by atoms with van der Waals surface area (Å²) in [6.45, 7) is 0. The van der Waals surface area contributed by atoms with E-state index in [0.29, 0.717) is 0 Å². The maximum Gasteiger partial charge on any atom is 0.0647 e. The van der Waals surface area contributed by atoms with Crippen molar-refractivity contribution in [1.29, 1.82) is 0 Å². The Kier molecular flexibility index (Phi) is 7.91. The van der Waals surface area contributed by atoms with E-state index in [1.54, 1.807) is 0 Å². The van der Waals surface area contributed by atoms with Gasteiger partial charge in [-0.25, -0.2) is 0 Å². The van der Waals surface area contributed by atoms with Crippen molar-refractivity contribution in [1.82, 2.24) is 13.7 Å². The highest BCUT2D eigenvalue weighted by atomic mass is 15.0. The van der Waals surface area contributed by atoms with Crippen LogP contribution < -0.4 is 0 Å². The number of para-hydroxylation sites is 5. The van der Waals surface area contributed by atoms with Gasteiger partial charge >= 0.3 is 0 Å². The Morgan fingerprint density at radius 1 is 0.222 bits per heavy atom. The number of aromatic nitrogens is 3. The van der Waals surface area contributed by atoms with Gasteiger partial charge in [0.25, 0.3) is 0 Å². The Morgan fingerprint density at radius 3 is 1.37 bits per heavy atom. The zero-order valence-electron chi connectivity index (χ0n) is 34.4. The van der Waals surface area contributed by atoms with Crippen LogP contribution >= 0.6 is 0 Å². The standard InChI is InChI=1S/C60H39N3/c1-4-17-40(18-5-1)43-19-16-24-47(37-43)62-53-28-13-10-25-48(53)52-38-44(35-36-56(52)62)41-31-33-42(34-32-41)51-39-57-59(50-27-12-14-29-54(50)61(57)45-20-6-2-7-21-45)60-58(51)49-26-11-15-30-55(49)63(60)46-22-8-3-9-23-46/h1-39H. The lowest BCUT2D eigenvalue weighted by atomic mass is 9.94. The van der Waals surface area contributed by atoms with E-state index in [1.807, 2.05) is 0 Å². The predicted octanol–water partition coefficient (Wildman–Crippen LogP) is 16.0. The molecule has 3 aromatic heterocycles. The molecule has 63 heavy (non-hydrogen) atoms. The van der Waals surface area contributed by atoms with Gasteiger partial charge in [-0.2, -0.15) is 0 Å². The lowest BCUT2D eigenvalue weighted by Gasteiger charge is -2.13. The third-order valence-corrected chi connectivity index (χ3v) is 13.0. The van der Waals surface area contributed by atoms with E-state index in [1.165, 1.54) is 98.8 Å². The highest BCUT2D eigenvalue weighted by Crippen LogP contribution is 2.47. The van der Waals surface area contributed by atoms with Crippen molar-refractivity contribution in [2.45, 2.75) is 0 Å². The summed E-state index contributed by atoms with van der Waals surface area (Å²) in [4.78, 5) is 0. The Bertz CT molecular complexity index is 3870. The molecule has 0 saturated carbocycles. The monoisotopic (exact) mass is 801 g/mol. The summed E-state index contributed by atoms with van der Waals surface area (Å²) < 4.78 is 7.33. The van der Waals surface area contributed by atoms with Crippen LogP contribution in [0.2, 0.25) is 0 Å². The van der Waals surface area contributed by atoms with Gasteiger partial charge in [-0.05, 0) is 106 Å². The van der Waals surface area contributed by atoms with Crippen LogP contribution in [0.15, 0.2) is 237 Å². The fraction of sp³-hybridized carbons (Fsp3) is 0. The van der Waals surface area contributed by atoms with Crippen molar-refractivity contribution < 1.29 is 0 Å². The van der Waals surface area contributed by atoms with Crippen molar-refractivity contribution in [2.75, 3.05) is 0 Å². The molecular weight excluding hydrogens is 763 g/mol. The van der Waals surface area contributed by atoms with Crippen LogP contribution in [0.5, 0.6) is 0 Å². The molecular formula is C60H39N3. The molecule has 0 saturated heterocycles. The summed E-state index contributed by atoms with van der Waals surface area (Å²) in [6, 6.07) is 86.3. The molecule has 3 heterocycles. The quantitative estimate of drug-likeness (QED) is 0.159. The molecule has 3 nitrogen and oxygen atoms in total. The van der Waals surface area contributed by atoms with Crippen molar-refractivity contribution in [2.24, 2.45) is 0 Å². The van der Waals surface area contributed by atoms with E-state index in [0.717, 1.165) is 17.1 Å². The van der Waals surface area contributed by atoms with E-state index < -0.39 is 0 Å². The molecule has 0 aliphatic carbocycles. The van der Waals surface area contributed by atoms with Crippen molar-refractivity contribution in [3.63, 3.8) is 0 Å². The second kappa shape index (κ2) is 14.1. The first-order valence-corrected chi connectivity index (χ1v) is 21.7. The Morgan fingerprint density at radius 2 is 0.667 bits per heavy atom. The van der Waals surface area contributed by atoms with Crippen LogP contribution in [0.25, 0.3) is 116 Å². The first-order chi connectivity index (χ1) is 31.3. The molecule has 0 aliphatic heterocycles. The van der Waals surface area contributed by atoms with Gasteiger partial charge in [-0.3, -0.25) is 0 Å². The molecule has 10 aromatic carbocycles. The fourth-order valence-corrected chi connectivity index (χ4v) is 10.3. The molecule has 0 spiro atoms. The summed E-state index contributed by atoms with van der Waals surface area (Å²) in [5.41, 5.74) is 17.8. The average molecular weight is 802 g/mol. The smallest absolute Gasteiger partial charge is 0.0647 e. The van der Waals surface area contributed by atoms with Gasteiger partial charge in [0.2, 0.25) is 0 Å². The molecule has 0 bridgehead atoms. The predicted molar refractivity (Wildman–Crippen MR) is 266 cm³/mol. The molecule has 0 aliphatic rings. The average Bonchev–Trinajstić information content (AvgIpc) is 4.00. The van der Waals surface area contributed by atoms with Gasteiger partial charge in [-0.15, -0.1) is 0 Å². The maximum atomic E-state index is 2.48. The Labute approximate surface area is 364 Å². The molecule has 0 amide bonds. The summed E-state index contributed by atoms with van der Waals surface area (Å²) in [6.07, 6.45) is 0. The molecule has 294 valence electrons. The lowest BCUT2D eigenvalue weighted by molar-refractivity contribution is 1.17. The largest absolute Gasteiger partial charge is 0.309 e. The molecule has 0 N–H and O–H groups in total. The molecule has 0 fully saturated rings. The van der Waals surface area contributed by atoms with Gasteiger partial charge < -0.3 is 13.7 Å². The number of hydrogen-bond donors (Lipinski definition) is 0. The molecule has 13 rings (SSSR count). The minimum atomic E-state index is 1.15. The lowest BCUT2D eigenvalue weighted by Crippen LogP contribution is -1.96. The molecule has 13 aromatic rings. The summed E-state index contributed by atoms with van der Waals surface area (Å²) in [5, 5.41) is 7.48. The Hall–Kier alpha value is -8.40. The number of fused-ring (bicyclic) bond motifs is 10. The van der Waals surface area contributed by atoms with E-state index in [9.17, 15) is 0 Å². The van der Waals surface area contributed by atoms with Crippen LogP contribution in [-0.2, 0) is 0 Å². The number of hydrogen-bond acceptors (Lipinski definition) is 0. The van der Waals surface area contributed by atoms with Crippen LogP contribution in [0.1, 0.15) is 0 Å². The van der Waals surface area contributed by atoms with Crippen molar-refractivity contribution in [3.05, 3.63) is 237 Å². The highest BCUT2D eigenvalue weighted by molar-refractivity contribution is 6.30. The minimum Gasteiger partial charge on any atom is -0.309 e. The zero-order valence-corrected chi connectivity index (χ0v) is 34.4. The van der Waals surface area contributed by atoms with Gasteiger partial charge in [0.15, 0.2) is 0 Å². The van der Waals surface area contributed by atoms with Crippen molar-refractivity contribution in [3.8, 4) is 50.4 Å². The van der Waals surface area contributed by atoms with Gasteiger partial charge in [0, 0.05) is 49.4 Å². The van der Waals surface area contributed by atoms with E-state index in [-0.39, 0.29) is 0 Å². The van der Waals surface area contributed by atoms with Crippen LogP contribution in [0.4, 0.5) is 0 Å². The topological polar surface area (TPSA) is 14.8 Å². The molecule has 0 unspecified atom stereocenters. The number of benzene rings is 10. The van der Waals surface area contributed by atoms with Gasteiger partial charge in [-0.1, -0.05) is 164 Å². The molecule has 0 atom stereocenters. The zero-order chi connectivity index (χ0) is 41.4. The summed E-state index contributed by atoms with van der Waals surface area (Å²) in [5.74, 6) is 0.